The zero-order valence-corrected chi connectivity index (χ0v) is 50.2. The molecule has 2 atom stereocenters. The molecule has 472 valence electrons. The molecule has 7 amide bonds. The normalized spacial score (nSPS) is 11.9. The Morgan fingerprint density at radius 3 is 1.04 bits per heavy atom. The molecule has 0 fully saturated rings. The number of nitrogens with two attached hydrogens (primary N) is 2. The number of unbranched alkanes of at least 4 members (excludes halogenated alkanes) is 24. The molecule has 0 saturated heterocycles. The average molecular weight is 1170 g/mol. The molecule has 0 aromatic rings. The van der Waals surface area contributed by atoms with Crippen molar-refractivity contribution >= 4 is 66.0 Å². The lowest BCUT2D eigenvalue weighted by Gasteiger charge is -2.21. The Morgan fingerprint density at radius 1 is 0.390 bits per heavy atom. The van der Waals surface area contributed by atoms with Crippen LogP contribution in [0, 0.1) is 0 Å². The van der Waals surface area contributed by atoms with E-state index in [9.17, 15) is 33.6 Å². The maximum atomic E-state index is 13.6. The van der Waals surface area contributed by atoms with Gasteiger partial charge in [-0.1, -0.05) is 156 Å². The van der Waals surface area contributed by atoms with E-state index in [0.717, 1.165) is 57.8 Å². The van der Waals surface area contributed by atoms with Crippen LogP contribution in [0.5, 0.6) is 0 Å². The molecule has 0 aliphatic rings. The number of amides is 7. The van der Waals surface area contributed by atoms with Gasteiger partial charge in [-0.05, 0) is 51.4 Å². The third-order valence-electron chi connectivity index (χ3n) is 12.6. The van der Waals surface area contributed by atoms with Crippen LogP contribution in [0.3, 0.4) is 0 Å². The van der Waals surface area contributed by atoms with Gasteiger partial charge in [0.15, 0.2) is 25.8 Å². The summed E-state index contributed by atoms with van der Waals surface area (Å²) in [5.41, 5.74) is 18.5. The first-order chi connectivity index (χ1) is 39.9. The molecule has 0 aromatic heterocycles. The molecular formula is C56H108N16O10. The van der Waals surface area contributed by atoms with Gasteiger partial charge in [0, 0.05) is 70.8 Å². The van der Waals surface area contributed by atoms with Crippen LogP contribution in [0.2, 0.25) is 0 Å². The smallest absolute Gasteiger partial charge is 0.248 e. The molecule has 0 unspecified atom stereocenters. The molecule has 0 bridgehead atoms. The Morgan fingerprint density at radius 2 is 0.695 bits per heavy atom. The first-order valence-corrected chi connectivity index (χ1v) is 30.6. The predicted molar refractivity (Wildman–Crippen MR) is 322 cm³/mol. The van der Waals surface area contributed by atoms with E-state index in [1.807, 2.05) is 0 Å². The quantitative estimate of drug-likeness (QED) is 0.0173. The standard InChI is InChI=1S/C56H108N16O10/c1-4-7-10-13-16-19-22-25-28-35-65-70-80-44-51(75)61-40-38-59-49(73)33-31-47(54(78)64-43-42-63-53(77)46-82-72-67-37-30-27-24-21-18-15-12-9-6-3)68-55(79)48(69-56(57)58)32-34-50(74)60-39-41-62-52(76)45-81-71-66-36-29-26-23-20-17-14-11-8-5-2/h35-37,47-48,70-72H,4-34,38-46H2,1-3H3,(H,59,73)(H,60,74)(H,61,75)(H,62,76)(H,63,77)(H,64,78)(H,68,79)(H4,57,58,69)/b65-35+,66-36+,67-37+/t47-,48-/m0/s1. The molecule has 0 aliphatic carbocycles. The fourth-order valence-electron chi connectivity index (χ4n) is 7.98. The number of hydrogen-bond acceptors (Lipinski definition) is 17. The average Bonchev–Trinajstić information content (AvgIpc) is 3.47. The topological polar surface area (TPSA) is 369 Å². The summed E-state index contributed by atoms with van der Waals surface area (Å²) in [6.45, 7) is 5.94. The van der Waals surface area contributed by atoms with Gasteiger partial charge in [0.05, 0.1) is 0 Å². The minimum atomic E-state index is -1.30. The number of rotatable bonds is 58. The SMILES string of the molecule is CCCCCCCCCC/C=N/NOCC(=O)NCCNC(=O)CC[C@H](N=C(N)N)C(=O)N[C@@H](CCC(=O)NCCNC(=O)CON/N=C/CCCCCCCCCC)C(=O)NCCNC(=O)CON/N=C/CCCCCCCCCC. The molecule has 0 saturated carbocycles. The van der Waals surface area contributed by atoms with Gasteiger partial charge in [0.25, 0.3) is 0 Å². The Kier molecular flexibility index (Phi) is 53.7. The summed E-state index contributed by atoms with van der Waals surface area (Å²) in [7, 11) is 0. The predicted octanol–water partition coefficient (Wildman–Crippen LogP) is 4.48. The zero-order chi connectivity index (χ0) is 60.2. The molecule has 0 radical (unpaired) electrons. The van der Waals surface area contributed by atoms with Crippen LogP contribution in [0.15, 0.2) is 20.3 Å². The van der Waals surface area contributed by atoms with Gasteiger partial charge in [-0.2, -0.15) is 32.1 Å². The van der Waals surface area contributed by atoms with E-state index >= 15 is 0 Å². The summed E-state index contributed by atoms with van der Waals surface area (Å²) in [5.74, 6) is -4.21. The van der Waals surface area contributed by atoms with Crippen LogP contribution >= 0.6 is 0 Å². The highest BCUT2D eigenvalue weighted by atomic mass is 16.7. The monoisotopic (exact) mass is 1160 g/mol. The van der Waals surface area contributed by atoms with E-state index in [4.69, 9.17) is 26.0 Å². The maximum Gasteiger partial charge on any atom is 0.248 e. The highest BCUT2D eigenvalue weighted by Crippen LogP contribution is 2.12. The summed E-state index contributed by atoms with van der Waals surface area (Å²) >= 11 is 0. The molecule has 14 N–H and O–H groups in total. The number of hydrogen-bond donors (Lipinski definition) is 12. The van der Waals surface area contributed by atoms with Gasteiger partial charge < -0.3 is 48.7 Å². The number of carbonyl (C=O) groups excluding carboxylic acids is 7. The Bertz CT molecular complexity index is 1770. The maximum absolute atomic E-state index is 13.6. The van der Waals surface area contributed by atoms with Gasteiger partial charge in [0.1, 0.15) is 12.1 Å². The molecule has 0 aromatic carbocycles. The lowest BCUT2D eigenvalue weighted by Crippen LogP contribution is -2.51. The van der Waals surface area contributed by atoms with E-state index < -0.39 is 59.4 Å². The molecule has 26 heteroatoms. The van der Waals surface area contributed by atoms with Crippen molar-refractivity contribution in [3.63, 3.8) is 0 Å². The summed E-state index contributed by atoms with van der Waals surface area (Å²) in [4.78, 5) is 109. The van der Waals surface area contributed by atoms with Gasteiger partial charge in [-0.15, -0.1) is 0 Å². The zero-order valence-electron chi connectivity index (χ0n) is 50.2. The fraction of sp³-hybridized carbons (Fsp3) is 0.804. The van der Waals surface area contributed by atoms with Crippen molar-refractivity contribution in [2.75, 3.05) is 59.1 Å². The van der Waals surface area contributed by atoms with Gasteiger partial charge in [-0.25, -0.2) is 19.5 Å². The largest absolute Gasteiger partial charge is 0.370 e. The minimum Gasteiger partial charge on any atom is -0.370 e. The van der Waals surface area contributed by atoms with Gasteiger partial charge >= 0.3 is 0 Å². The highest BCUT2D eigenvalue weighted by molar-refractivity contribution is 5.92. The van der Waals surface area contributed by atoms with E-state index in [0.29, 0.717) is 0 Å². The first-order valence-electron chi connectivity index (χ1n) is 30.6. The fourth-order valence-corrected chi connectivity index (χ4v) is 7.98. The van der Waals surface area contributed by atoms with Crippen LogP contribution in [0.4, 0.5) is 0 Å². The molecule has 0 heterocycles. The van der Waals surface area contributed by atoms with E-state index in [1.165, 1.54) is 116 Å². The van der Waals surface area contributed by atoms with Crippen LogP contribution < -0.4 is 65.5 Å². The van der Waals surface area contributed by atoms with Crippen molar-refractivity contribution in [2.45, 2.75) is 232 Å². The first kappa shape index (κ1) is 75.8. The van der Waals surface area contributed by atoms with Crippen molar-refractivity contribution in [3.8, 4) is 0 Å². The summed E-state index contributed by atoms with van der Waals surface area (Å²) < 4.78 is 0. The third-order valence-corrected chi connectivity index (χ3v) is 12.6. The molecule has 0 rings (SSSR count). The second-order valence-electron chi connectivity index (χ2n) is 20.1. The molecule has 0 aliphatic heterocycles. The van der Waals surface area contributed by atoms with E-state index in [-0.39, 0.29) is 84.8 Å². The number of carbonyl (C=O) groups is 7. The summed E-state index contributed by atoms with van der Waals surface area (Å²) in [6, 6.07) is -2.58. The highest BCUT2D eigenvalue weighted by Gasteiger charge is 2.27. The number of nitrogens with one attached hydrogen (secondary N) is 10. The van der Waals surface area contributed by atoms with Crippen molar-refractivity contribution in [1.29, 1.82) is 0 Å². The second kappa shape index (κ2) is 58.1. The van der Waals surface area contributed by atoms with Crippen molar-refractivity contribution in [2.24, 2.45) is 31.8 Å². The Labute approximate surface area is 489 Å². The van der Waals surface area contributed by atoms with Crippen molar-refractivity contribution in [1.82, 2.24) is 54.0 Å². The third kappa shape index (κ3) is 53.2. The van der Waals surface area contributed by atoms with Gasteiger partial charge in [0.2, 0.25) is 41.4 Å². The van der Waals surface area contributed by atoms with Crippen molar-refractivity contribution < 1.29 is 48.1 Å². The van der Waals surface area contributed by atoms with Crippen LogP contribution in [-0.2, 0) is 48.1 Å². The summed E-state index contributed by atoms with van der Waals surface area (Å²) in [6.07, 6.45) is 35.9. The minimum absolute atomic E-state index is 0.00511. The van der Waals surface area contributed by atoms with Crippen LogP contribution in [0.25, 0.3) is 0 Å². The number of nitrogens with zero attached hydrogens (tertiary/aromatic N) is 4. The second-order valence-corrected chi connectivity index (χ2v) is 20.1. The lowest BCUT2D eigenvalue weighted by atomic mass is 10.1. The Balaban J connectivity index is 5.04. The van der Waals surface area contributed by atoms with Gasteiger partial charge in [-0.3, -0.25) is 33.6 Å². The molecule has 26 nitrogen and oxygen atoms in total. The lowest BCUT2D eigenvalue weighted by molar-refractivity contribution is -0.131. The summed E-state index contributed by atoms with van der Waals surface area (Å²) in [5, 5.41) is 30.2. The van der Waals surface area contributed by atoms with Crippen molar-refractivity contribution in [3.05, 3.63) is 0 Å². The Hall–Kier alpha value is -6.15. The molecule has 0 spiro atoms. The van der Waals surface area contributed by atoms with E-state index in [2.05, 4.69) is 95.1 Å². The van der Waals surface area contributed by atoms with E-state index in [1.54, 1.807) is 18.6 Å². The molecule has 82 heavy (non-hydrogen) atoms. The number of guanidine groups is 1. The van der Waals surface area contributed by atoms with Crippen LogP contribution in [-0.4, -0.2) is 137 Å². The number of hydrazone groups is 3. The molecular weight excluding hydrogens is 1060 g/mol. The van der Waals surface area contributed by atoms with Crippen LogP contribution in [0.1, 0.15) is 220 Å². The number of aliphatic imine (C=N–C) groups is 1.